The molecule has 5 N–H and O–H groups in total. The molecule has 0 aliphatic carbocycles. The third kappa shape index (κ3) is 5.04. The molecule has 0 radical (unpaired) electrons. The monoisotopic (exact) mass is 559 g/mol. The number of aliphatic carboxylic acids is 1. The Kier molecular flexibility index (Phi) is 7.22. The zero-order valence-electron chi connectivity index (χ0n) is 20.4. The maximum absolute atomic E-state index is 13.0. The zero-order chi connectivity index (χ0) is 28.0. The van der Waals surface area contributed by atoms with Crippen LogP contribution in [-0.2, 0) is 34.4 Å². The summed E-state index contributed by atoms with van der Waals surface area (Å²) in [5, 5.41) is 47.5. The van der Waals surface area contributed by atoms with Crippen molar-refractivity contribution in [3.05, 3.63) is 53.9 Å². The maximum Gasteiger partial charge on any atom is 0.335 e. The van der Waals surface area contributed by atoms with E-state index < -0.39 is 53.0 Å². The number of aromatic nitrogens is 2. The third-order valence-electron chi connectivity index (χ3n) is 6.71. The van der Waals surface area contributed by atoms with Gasteiger partial charge in [-0.25, -0.2) is 14.7 Å². The number of carbonyl (C=O) groups excluding carboxylic acids is 2. The number of imide groups is 1. The molecule has 3 aromatic rings. The van der Waals surface area contributed by atoms with Gasteiger partial charge in [0.1, 0.15) is 42.2 Å². The van der Waals surface area contributed by atoms with E-state index in [1.807, 2.05) is 11.6 Å². The van der Waals surface area contributed by atoms with Gasteiger partial charge in [0.25, 0.3) is 5.24 Å². The van der Waals surface area contributed by atoms with Crippen molar-refractivity contribution < 1.29 is 49.4 Å². The van der Waals surface area contributed by atoms with Crippen molar-refractivity contribution in [2.45, 2.75) is 48.9 Å². The zero-order valence-corrected chi connectivity index (χ0v) is 21.3. The number of aryl methyl sites for hydroxylation is 1. The molecule has 0 spiro atoms. The second kappa shape index (κ2) is 10.5. The second-order valence-corrected chi connectivity index (χ2v) is 10.4. The molecule has 39 heavy (non-hydrogen) atoms. The number of phenolic OH excluding ortho intramolecular Hbond substituents is 1. The molecule has 0 saturated carbocycles. The van der Waals surface area contributed by atoms with Crippen LogP contribution >= 0.6 is 11.8 Å². The van der Waals surface area contributed by atoms with E-state index in [0.29, 0.717) is 33.8 Å². The minimum Gasteiger partial charge on any atom is -0.508 e. The van der Waals surface area contributed by atoms with Crippen molar-refractivity contribution in [2.75, 3.05) is 0 Å². The van der Waals surface area contributed by atoms with Crippen LogP contribution in [-0.4, -0.2) is 93.0 Å². The third-order valence-corrected chi connectivity index (χ3v) is 7.76. The number of phenols is 1. The number of carbonyl (C=O) groups is 3. The van der Waals surface area contributed by atoms with E-state index in [4.69, 9.17) is 9.47 Å². The molecule has 2 amide bonds. The summed E-state index contributed by atoms with van der Waals surface area (Å²) in [5.74, 6) is -0.987. The predicted octanol–water partition coefficient (Wildman–Crippen LogP) is 0.357. The van der Waals surface area contributed by atoms with E-state index in [0.717, 1.165) is 11.0 Å². The van der Waals surface area contributed by atoms with Gasteiger partial charge in [-0.3, -0.25) is 9.59 Å². The number of aliphatic hydroxyl groups is 3. The number of carboxylic acids is 1. The van der Waals surface area contributed by atoms with Gasteiger partial charge in [0.2, 0.25) is 5.91 Å². The van der Waals surface area contributed by atoms with Gasteiger partial charge in [0.05, 0.1) is 16.3 Å². The van der Waals surface area contributed by atoms with Gasteiger partial charge in [-0.1, -0.05) is 23.9 Å². The van der Waals surface area contributed by atoms with E-state index in [2.05, 4.69) is 4.98 Å². The van der Waals surface area contributed by atoms with Gasteiger partial charge in [-0.2, -0.15) is 0 Å². The summed E-state index contributed by atoms with van der Waals surface area (Å²) in [4.78, 5) is 42.1. The van der Waals surface area contributed by atoms with Crippen LogP contribution in [0.2, 0.25) is 0 Å². The number of benzene rings is 2. The van der Waals surface area contributed by atoms with E-state index >= 15 is 0 Å². The number of nitrogens with zero attached hydrogens (tertiary/aromatic N) is 3. The van der Waals surface area contributed by atoms with Gasteiger partial charge in [0, 0.05) is 13.1 Å². The number of fused-ring (bicyclic) bond motifs is 1. The molecular weight excluding hydrogens is 534 g/mol. The number of amides is 2. The highest BCUT2D eigenvalue weighted by atomic mass is 32.2. The number of rotatable bonds is 7. The molecule has 2 aromatic carbocycles. The number of thioether (sulfide) groups is 1. The minimum atomic E-state index is -1.93. The molecule has 2 aliphatic heterocycles. The fourth-order valence-electron chi connectivity index (χ4n) is 4.55. The first-order chi connectivity index (χ1) is 18.5. The lowest BCUT2D eigenvalue weighted by atomic mass is 9.97. The molecule has 0 bridgehead atoms. The van der Waals surface area contributed by atoms with Crippen LogP contribution in [0.15, 0.2) is 42.5 Å². The highest BCUT2D eigenvalue weighted by Crippen LogP contribution is 2.35. The van der Waals surface area contributed by atoms with Crippen molar-refractivity contribution in [1.82, 2.24) is 14.5 Å². The van der Waals surface area contributed by atoms with Crippen molar-refractivity contribution in [3.63, 3.8) is 0 Å². The molecule has 2 aliphatic rings. The van der Waals surface area contributed by atoms with Gasteiger partial charge in [-0.15, -0.1) is 0 Å². The van der Waals surface area contributed by atoms with E-state index in [1.165, 1.54) is 0 Å². The Balaban J connectivity index is 1.22. The molecule has 1 unspecified atom stereocenters. The first-order valence-electron chi connectivity index (χ1n) is 11.9. The smallest absolute Gasteiger partial charge is 0.335 e. The molecule has 6 atom stereocenters. The molecule has 2 saturated heterocycles. The van der Waals surface area contributed by atoms with Crippen molar-refractivity contribution in [3.8, 4) is 11.5 Å². The standard InChI is InChI=1S/C25H25N3O10S/c1-27-15-9-12(29)4-7-14(15)26-17(27)10-37-13-5-2-11(3-6-13)8-16-22(33)28(25(36)39-16)23-20(32)18(30)19(31)21(38-23)24(34)35/h2-7,9,16,18-21,23,29-32H,8,10H2,1H3,(H,34,35)/t16?,18-,19-,20+,21-,23+/m0/s1. The molecule has 3 heterocycles. The normalized spacial score (nSPS) is 27.3. The fourth-order valence-corrected chi connectivity index (χ4v) is 5.59. The quantitative estimate of drug-likeness (QED) is 0.267. The Morgan fingerprint density at radius 1 is 1.08 bits per heavy atom. The SMILES string of the molecule is Cn1c(COc2ccc(CC3SC(=O)N([C@@H]4O[C@H](C(=O)O)[C@@H](O)[C@H](O)[C@H]4O)C3=O)cc2)nc2ccc(O)cc21. The molecule has 1 aromatic heterocycles. The lowest BCUT2D eigenvalue weighted by molar-refractivity contribution is -0.249. The van der Waals surface area contributed by atoms with E-state index in [1.54, 1.807) is 42.5 Å². The number of aromatic hydroxyl groups is 1. The Hall–Kier alpha value is -3.69. The fraction of sp³-hybridized carbons (Fsp3) is 0.360. The van der Waals surface area contributed by atoms with Crippen molar-refractivity contribution in [2.24, 2.45) is 7.05 Å². The number of ether oxygens (including phenoxy) is 2. The Morgan fingerprint density at radius 3 is 2.49 bits per heavy atom. The van der Waals surface area contributed by atoms with Crippen molar-refractivity contribution in [1.29, 1.82) is 0 Å². The molecule has 5 rings (SSSR count). The average Bonchev–Trinajstić information content (AvgIpc) is 3.36. The largest absolute Gasteiger partial charge is 0.508 e. The van der Waals surface area contributed by atoms with Crippen LogP contribution in [0.5, 0.6) is 11.5 Å². The van der Waals surface area contributed by atoms with Crippen LogP contribution in [0.25, 0.3) is 11.0 Å². The minimum absolute atomic E-state index is 0.139. The molecular formula is C25H25N3O10S. The number of hydrogen-bond donors (Lipinski definition) is 5. The van der Waals surface area contributed by atoms with Crippen molar-refractivity contribution >= 4 is 39.9 Å². The summed E-state index contributed by atoms with van der Waals surface area (Å²) in [6, 6.07) is 11.8. The maximum atomic E-state index is 13.0. The van der Waals surface area contributed by atoms with Crippen LogP contribution in [0.3, 0.4) is 0 Å². The van der Waals surface area contributed by atoms with Gasteiger partial charge in [0.15, 0.2) is 12.3 Å². The second-order valence-electron chi connectivity index (χ2n) is 9.23. The lowest BCUT2D eigenvalue weighted by Gasteiger charge is -2.41. The molecule has 13 nitrogen and oxygen atoms in total. The Bertz CT molecular complexity index is 1430. The summed E-state index contributed by atoms with van der Waals surface area (Å²) in [7, 11) is 1.82. The van der Waals surface area contributed by atoms with E-state index in [-0.39, 0.29) is 18.8 Å². The molecule has 2 fully saturated rings. The molecule has 206 valence electrons. The average molecular weight is 560 g/mol. The number of aliphatic hydroxyl groups excluding tert-OH is 3. The van der Waals surface area contributed by atoms with Gasteiger partial charge < -0.3 is 39.6 Å². The summed E-state index contributed by atoms with van der Waals surface area (Å²) in [6.07, 6.45) is -9.29. The van der Waals surface area contributed by atoms with Crippen LogP contribution in [0.4, 0.5) is 4.79 Å². The predicted molar refractivity (Wildman–Crippen MR) is 135 cm³/mol. The number of imidazole rings is 1. The van der Waals surface area contributed by atoms with Gasteiger partial charge in [-0.05, 0) is 36.2 Å². The number of hydrogen-bond acceptors (Lipinski definition) is 11. The topological polar surface area (TPSA) is 192 Å². The van der Waals surface area contributed by atoms with Crippen LogP contribution in [0, 0.1) is 0 Å². The highest BCUT2D eigenvalue weighted by molar-refractivity contribution is 8.15. The van der Waals surface area contributed by atoms with Crippen LogP contribution < -0.4 is 4.74 Å². The summed E-state index contributed by atoms with van der Waals surface area (Å²) in [5.41, 5.74) is 2.20. The summed E-state index contributed by atoms with van der Waals surface area (Å²) < 4.78 is 12.8. The first-order valence-corrected chi connectivity index (χ1v) is 12.8. The Morgan fingerprint density at radius 2 is 1.79 bits per heavy atom. The lowest BCUT2D eigenvalue weighted by Crippen LogP contribution is -2.65. The highest BCUT2D eigenvalue weighted by Gasteiger charge is 2.54. The summed E-state index contributed by atoms with van der Waals surface area (Å²) >= 11 is 0.695. The van der Waals surface area contributed by atoms with Gasteiger partial charge >= 0.3 is 5.97 Å². The summed E-state index contributed by atoms with van der Waals surface area (Å²) in [6.45, 7) is 0.174. The number of carboxylic acid groups (broad SMARTS) is 1. The van der Waals surface area contributed by atoms with E-state index in [9.17, 15) is 39.9 Å². The Labute approximate surface area is 225 Å². The van der Waals surface area contributed by atoms with Crippen LogP contribution in [0.1, 0.15) is 11.4 Å². The first kappa shape index (κ1) is 26.9. The molecule has 14 heteroatoms.